The van der Waals surface area contributed by atoms with Crippen molar-refractivity contribution in [3.05, 3.63) is 41.3 Å². The van der Waals surface area contributed by atoms with Crippen LogP contribution in [0.4, 0.5) is 11.5 Å². The lowest BCUT2D eigenvalue weighted by atomic mass is 10.3. The highest BCUT2D eigenvalue weighted by atomic mass is 35.5. The van der Waals surface area contributed by atoms with Gasteiger partial charge in [-0.05, 0) is 30.7 Å². The van der Waals surface area contributed by atoms with Crippen molar-refractivity contribution in [1.82, 2.24) is 9.97 Å². The lowest BCUT2D eigenvalue weighted by molar-refractivity contribution is 0.601. The molecule has 6 nitrogen and oxygen atoms in total. The van der Waals surface area contributed by atoms with Crippen molar-refractivity contribution in [2.24, 2.45) is 0 Å². The molecule has 3 N–H and O–H groups in total. The molecule has 0 saturated heterocycles. The molecule has 8 heteroatoms. The van der Waals surface area contributed by atoms with E-state index in [1.165, 1.54) is 24.5 Å². The predicted octanol–water partition coefficient (Wildman–Crippen LogP) is 1.82. The minimum absolute atomic E-state index is 0.0614. The summed E-state index contributed by atoms with van der Waals surface area (Å²) in [5.41, 5.74) is 6.53. The zero-order valence-electron chi connectivity index (χ0n) is 9.96. The molecule has 0 amide bonds. The molecule has 0 aliphatic heterocycles. The second-order valence-corrected chi connectivity index (χ2v) is 5.83. The fourth-order valence-corrected chi connectivity index (χ4v) is 2.68. The van der Waals surface area contributed by atoms with Crippen molar-refractivity contribution < 1.29 is 8.42 Å². The highest BCUT2D eigenvalue weighted by Gasteiger charge is 2.18. The Bertz CT molecular complexity index is 718. The van der Waals surface area contributed by atoms with Crippen LogP contribution in [0.2, 0.25) is 5.15 Å². The largest absolute Gasteiger partial charge is 0.383 e. The summed E-state index contributed by atoms with van der Waals surface area (Å²) in [4.78, 5) is 7.53. The second-order valence-electron chi connectivity index (χ2n) is 3.82. The van der Waals surface area contributed by atoms with Crippen molar-refractivity contribution in [2.45, 2.75) is 11.8 Å². The van der Waals surface area contributed by atoms with Crippen LogP contribution in [-0.4, -0.2) is 18.4 Å². The van der Waals surface area contributed by atoms with Crippen LogP contribution in [0.15, 0.2) is 35.5 Å². The van der Waals surface area contributed by atoms with Crippen molar-refractivity contribution in [3.8, 4) is 0 Å². The number of aromatic nitrogens is 2. The summed E-state index contributed by atoms with van der Waals surface area (Å²) in [5.74, 6) is -0.0614. The topological polar surface area (TPSA) is 98.0 Å². The molecular formula is C11H11ClN4O2S. The maximum absolute atomic E-state index is 12.1. The van der Waals surface area contributed by atoms with Crippen molar-refractivity contribution in [3.63, 3.8) is 0 Å². The molecule has 19 heavy (non-hydrogen) atoms. The number of aryl methyl sites for hydroxylation is 1. The van der Waals surface area contributed by atoms with E-state index in [-0.39, 0.29) is 10.7 Å². The zero-order chi connectivity index (χ0) is 14.0. The number of hydrogen-bond acceptors (Lipinski definition) is 5. The average Bonchev–Trinajstić information content (AvgIpc) is 2.34. The van der Waals surface area contributed by atoms with Gasteiger partial charge in [0.2, 0.25) is 0 Å². The Morgan fingerprint density at radius 1 is 1.37 bits per heavy atom. The first-order valence-corrected chi connectivity index (χ1v) is 7.12. The van der Waals surface area contributed by atoms with Crippen LogP contribution in [-0.2, 0) is 10.0 Å². The SMILES string of the molecule is Cc1cc(NS(=O)(=O)c2cccnc2N)cnc1Cl. The fraction of sp³-hybridized carbons (Fsp3) is 0.0909. The second kappa shape index (κ2) is 5.02. The Labute approximate surface area is 115 Å². The maximum atomic E-state index is 12.1. The van der Waals surface area contributed by atoms with E-state index in [2.05, 4.69) is 14.7 Å². The molecule has 0 unspecified atom stereocenters. The summed E-state index contributed by atoms with van der Waals surface area (Å²) in [6.07, 6.45) is 2.75. The van der Waals surface area contributed by atoms with Crippen LogP contribution in [0, 0.1) is 6.92 Å². The van der Waals surface area contributed by atoms with Gasteiger partial charge in [0.25, 0.3) is 10.0 Å². The van der Waals surface area contributed by atoms with Gasteiger partial charge in [0.05, 0.1) is 11.9 Å². The van der Waals surface area contributed by atoms with E-state index < -0.39 is 10.0 Å². The Hall–Kier alpha value is -1.86. The minimum Gasteiger partial charge on any atom is -0.383 e. The monoisotopic (exact) mass is 298 g/mol. The van der Waals surface area contributed by atoms with Crippen LogP contribution in [0.25, 0.3) is 0 Å². The summed E-state index contributed by atoms with van der Waals surface area (Å²) in [5, 5.41) is 0.323. The minimum atomic E-state index is -3.79. The molecule has 2 aromatic rings. The number of pyridine rings is 2. The molecule has 0 bridgehead atoms. The number of hydrogen-bond donors (Lipinski definition) is 2. The lowest BCUT2D eigenvalue weighted by Crippen LogP contribution is -2.15. The normalized spacial score (nSPS) is 11.3. The van der Waals surface area contributed by atoms with Crippen LogP contribution in [0.3, 0.4) is 0 Å². The number of rotatable bonds is 3. The molecule has 0 aliphatic rings. The van der Waals surface area contributed by atoms with Crippen molar-refractivity contribution in [1.29, 1.82) is 0 Å². The molecule has 2 heterocycles. The van der Waals surface area contributed by atoms with Gasteiger partial charge < -0.3 is 5.73 Å². The molecule has 0 fully saturated rings. The Kier molecular flexibility index (Phi) is 3.59. The smallest absolute Gasteiger partial charge is 0.265 e. The van der Waals surface area contributed by atoms with Gasteiger partial charge in [-0.25, -0.2) is 18.4 Å². The third kappa shape index (κ3) is 2.94. The standard InChI is InChI=1S/C11H11ClN4O2S/c1-7-5-8(6-15-10(7)12)16-19(17,18)9-3-2-4-14-11(9)13/h2-6,16H,1H3,(H2,13,14). The number of sulfonamides is 1. The molecule has 0 radical (unpaired) electrons. The van der Waals surface area contributed by atoms with Crippen molar-refractivity contribution >= 4 is 33.1 Å². The summed E-state index contributed by atoms with van der Waals surface area (Å²) in [7, 11) is -3.79. The molecule has 0 atom stereocenters. The van der Waals surface area contributed by atoms with E-state index in [9.17, 15) is 8.42 Å². The molecule has 100 valence electrons. The molecule has 0 aliphatic carbocycles. The van der Waals surface area contributed by atoms with Gasteiger partial charge in [-0.3, -0.25) is 4.72 Å². The summed E-state index contributed by atoms with van der Waals surface area (Å²) in [6, 6.07) is 4.45. The Morgan fingerprint density at radius 3 is 2.74 bits per heavy atom. The quantitative estimate of drug-likeness (QED) is 0.842. The van der Waals surface area contributed by atoms with Crippen LogP contribution < -0.4 is 10.5 Å². The van der Waals surface area contributed by atoms with Crippen LogP contribution >= 0.6 is 11.6 Å². The molecule has 2 rings (SSSR count). The van der Waals surface area contributed by atoms with E-state index in [0.717, 1.165) is 0 Å². The summed E-state index contributed by atoms with van der Waals surface area (Å²) >= 11 is 5.78. The van der Waals surface area contributed by atoms with E-state index in [1.54, 1.807) is 13.0 Å². The third-order valence-electron chi connectivity index (χ3n) is 2.36. The van der Waals surface area contributed by atoms with Gasteiger partial charge in [-0.2, -0.15) is 0 Å². The summed E-state index contributed by atoms with van der Waals surface area (Å²) in [6.45, 7) is 1.73. The number of anilines is 2. The van der Waals surface area contributed by atoms with Gasteiger partial charge in [0.15, 0.2) is 0 Å². The molecular weight excluding hydrogens is 288 g/mol. The highest BCUT2D eigenvalue weighted by molar-refractivity contribution is 7.92. The molecule has 2 aromatic heterocycles. The highest BCUT2D eigenvalue weighted by Crippen LogP contribution is 2.21. The van der Waals surface area contributed by atoms with Crippen LogP contribution in [0.5, 0.6) is 0 Å². The average molecular weight is 299 g/mol. The van der Waals surface area contributed by atoms with Crippen molar-refractivity contribution in [2.75, 3.05) is 10.5 Å². The third-order valence-corrected chi connectivity index (χ3v) is 4.18. The number of nitrogen functional groups attached to an aromatic ring is 1. The first kappa shape index (κ1) is 13.6. The van der Waals surface area contributed by atoms with E-state index in [4.69, 9.17) is 17.3 Å². The van der Waals surface area contributed by atoms with Gasteiger partial charge >= 0.3 is 0 Å². The molecule has 0 saturated carbocycles. The Morgan fingerprint density at radius 2 is 2.11 bits per heavy atom. The number of halogens is 1. The van der Waals surface area contributed by atoms with E-state index >= 15 is 0 Å². The number of nitrogens with one attached hydrogen (secondary N) is 1. The molecule has 0 spiro atoms. The van der Waals surface area contributed by atoms with Crippen LogP contribution in [0.1, 0.15) is 5.56 Å². The lowest BCUT2D eigenvalue weighted by Gasteiger charge is -2.09. The van der Waals surface area contributed by atoms with E-state index in [0.29, 0.717) is 16.4 Å². The van der Waals surface area contributed by atoms with Gasteiger partial charge in [0, 0.05) is 6.20 Å². The fourth-order valence-electron chi connectivity index (χ4n) is 1.45. The number of nitrogens with two attached hydrogens (primary N) is 1. The predicted molar refractivity (Wildman–Crippen MR) is 73.4 cm³/mol. The first-order valence-electron chi connectivity index (χ1n) is 5.25. The van der Waals surface area contributed by atoms with Gasteiger partial charge in [-0.1, -0.05) is 11.6 Å². The van der Waals surface area contributed by atoms with Gasteiger partial charge in [-0.15, -0.1) is 0 Å². The van der Waals surface area contributed by atoms with Gasteiger partial charge in [0.1, 0.15) is 15.9 Å². The molecule has 0 aromatic carbocycles. The van der Waals surface area contributed by atoms with E-state index in [1.807, 2.05) is 0 Å². The number of nitrogens with zero attached hydrogens (tertiary/aromatic N) is 2. The Balaban J connectivity index is 2.37. The maximum Gasteiger partial charge on any atom is 0.265 e. The first-order chi connectivity index (χ1) is 8.90. The summed E-state index contributed by atoms with van der Waals surface area (Å²) < 4.78 is 26.6. The zero-order valence-corrected chi connectivity index (χ0v) is 11.5.